The van der Waals surface area contributed by atoms with Crippen molar-refractivity contribution in [3.63, 3.8) is 0 Å². The van der Waals surface area contributed by atoms with Gasteiger partial charge in [-0.15, -0.1) is 0 Å². The third-order valence-electron chi connectivity index (χ3n) is 17.1. The molecule has 0 saturated carbocycles. The number of hydrogen-bond acceptors (Lipinski definition) is 16. The molecule has 0 aliphatic carbocycles. The number of anilines is 1. The number of ether oxygens (including phenoxy) is 5. The van der Waals surface area contributed by atoms with E-state index in [4.69, 9.17) is 35.3 Å². The summed E-state index contributed by atoms with van der Waals surface area (Å²) >= 11 is 6.51. The van der Waals surface area contributed by atoms with E-state index < -0.39 is 124 Å². The normalized spacial score (nSPS) is 32.5. The van der Waals surface area contributed by atoms with E-state index in [1.165, 1.54) is 19.2 Å². The van der Waals surface area contributed by atoms with Gasteiger partial charge in [0.25, 0.3) is 0 Å². The quantitative estimate of drug-likeness (QED) is 0.0953. The summed E-state index contributed by atoms with van der Waals surface area (Å²) in [6.45, 7) is 16.0. The maximum absolute atomic E-state index is 14.9. The Hall–Kier alpha value is -5.11. The molecule has 3 fully saturated rings. The fraction of sp³-hybridized carbons (Fsp3) is 0.635. The van der Waals surface area contributed by atoms with Crippen LogP contribution in [0.5, 0.6) is 0 Å². The number of sulfone groups is 1. The molecule has 0 radical (unpaired) electrons. The highest BCUT2D eigenvalue weighted by Gasteiger charge is 2.51. The Balaban J connectivity index is 1.28. The highest BCUT2D eigenvalue weighted by atomic mass is 35.5. The summed E-state index contributed by atoms with van der Waals surface area (Å²) in [7, 11) is 3.40. The molecule has 0 aromatic heterocycles. The smallest absolute Gasteiger partial charge is 0.247 e. The van der Waals surface area contributed by atoms with Crippen LogP contribution in [0, 0.1) is 23.7 Å². The molecule has 3 aliphatic heterocycles. The van der Waals surface area contributed by atoms with Gasteiger partial charge < -0.3 is 70.1 Å². The number of nitrogens with zero attached hydrogens (tertiary/aromatic N) is 2. The Morgan fingerprint density at radius 3 is 2.14 bits per heavy atom. The number of carbonyl (C=O) groups is 5. The maximum Gasteiger partial charge on any atom is 0.247 e. The summed E-state index contributed by atoms with van der Waals surface area (Å²) in [6, 6.07) is 16.4. The van der Waals surface area contributed by atoms with Crippen LogP contribution in [0.1, 0.15) is 105 Å². The average Bonchev–Trinajstić information content (AvgIpc) is 2.20. The molecule has 5 amide bonds. The minimum Gasteiger partial charge on any atom is -0.387 e. The van der Waals surface area contributed by atoms with E-state index in [0.29, 0.717) is 33.8 Å². The second-order valence-corrected chi connectivity index (χ2v) is 27.7. The van der Waals surface area contributed by atoms with Gasteiger partial charge in [-0.25, -0.2) is 8.42 Å². The zero-order valence-electron chi connectivity index (χ0n) is 52.2. The molecule has 23 heteroatoms. The SMILES string of the molecule is CO[C@]1(C)C[C@H](O[C@H]2[C@H](C)[C@@H](O[C@@H]3O[C@H](C)C[C@H](N(C)C)[C@H]3O)[C@](C)(O)C[C@@H](C)CN(C)C(=O)C[C@@H](Cc3ccc(NC(=O)[C@H](Cc4ccccc4Cl)NC(=O)Cc4ccc(S(C)(=O)=O)cc4)cc3)NC(=O)[C@H](C(C)C)NC(=O)[C@@H]2C)O[C@@H](C)[C@@H]1O. The Labute approximate surface area is 512 Å². The summed E-state index contributed by atoms with van der Waals surface area (Å²) in [5.74, 6) is -5.20. The number of benzene rings is 3. The van der Waals surface area contributed by atoms with Crippen molar-refractivity contribution in [2.24, 2.45) is 23.7 Å². The molecular formula is C63H93ClN6O15S. The van der Waals surface area contributed by atoms with Gasteiger partial charge in [-0.1, -0.05) is 88.7 Å². The van der Waals surface area contributed by atoms with Crippen molar-refractivity contribution in [3.8, 4) is 0 Å². The number of hydrogen-bond donors (Lipinski definition) is 7. The minimum absolute atomic E-state index is 0.0519. The molecule has 6 rings (SSSR count). The van der Waals surface area contributed by atoms with Crippen molar-refractivity contribution in [1.82, 2.24) is 25.8 Å². The van der Waals surface area contributed by atoms with Crippen molar-refractivity contribution in [2.45, 2.75) is 197 Å². The lowest BCUT2D eigenvalue weighted by Gasteiger charge is -2.49. The second kappa shape index (κ2) is 29.9. The van der Waals surface area contributed by atoms with Crippen LogP contribution in [0.3, 0.4) is 0 Å². The molecule has 7 N–H and O–H groups in total. The molecule has 3 aliphatic rings. The molecule has 21 nitrogen and oxygen atoms in total. The van der Waals surface area contributed by atoms with E-state index in [-0.39, 0.29) is 73.9 Å². The van der Waals surface area contributed by atoms with E-state index in [1.807, 2.05) is 32.8 Å². The molecule has 3 aromatic carbocycles. The third-order valence-corrected chi connectivity index (χ3v) is 18.6. The van der Waals surface area contributed by atoms with Gasteiger partial charge in [0.2, 0.25) is 29.5 Å². The first kappa shape index (κ1) is 70.0. The monoisotopic (exact) mass is 1240 g/mol. The van der Waals surface area contributed by atoms with Crippen LogP contribution in [0.25, 0.3) is 0 Å². The molecule has 3 aromatic rings. The van der Waals surface area contributed by atoms with Crippen LogP contribution < -0.4 is 21.3 Å². The first-order chi connectivity index (χ1) is 40.2. The van der Waals surface area contributed by atoms with Gasteiger partial charge >= 0.3 is 0 Å². The predicted octanol–water partition coefficient (Wildman–Crippen LogP) is 4.83. The Morgan fingerprint density at radius 2 is 1.53 bits per heavy atom. The van der Waals surface area contributed by atoms with Crippen LogP contribution in [0.15, 0.2) is 77.7 Å². The molecule has 86 heavy (non-hydrogen) atoms. The lowest BCUT2D eigenvalue weighted by atomic mass is 9.77. The lowest BCUT2D eigenvalue weighted by Crippen LogP contribution is -2.61. The van der Waals surface area contributed by atoms with Gasteiger partial charge in [0.1, 0.15) is 24.3 Å². The predicted molar refractivity (Wildman–Crippen MR) is 325 cm³/mol. The van der Waals surface area contributed by atoms with E-state index in [9.17, 15) is 47.7 Å². The van der Waals surface area contributed by atoms with Crippen LogP contribution in [-0.2, 0) is 76.8 Å². The maximum atomic E-state index is 14.9. The van der Waals surface area contributed by atoms with Crippen molar-refractivity contribution < 1.29 is 71.4 Å². The van der Waals surface area contributed by atoms with Gasteiger partial charge in [-0.2, -0.15) is 0 Å². The highest BCUT2D eigenvalue weighted by molar-refractivity contribution is 7.90. The molecule has 0 bridgehead atoms. The number of halogens is 1. The number of aliphatic hydroxyl groups excluding tert-OH is 2. The lowest BCUT2D eigenvalue weighted by molar-refractivity contribution is -0.317. The molecule has 0 unspecified atom stereocenters. The fourth-order valence-corrected chi connectivity index (χ4v) is 13.0. The Bertz CT molecular complexity index is 2900. The third kappa shape index (κ3) is 18.5. The summed E-state index contributed by atoms with van der Waals surface area (Å²) in [6.07, 6.45) is -6.12. The van der Waals surface area contributed by atoms with Crippen molar-refractivity contribution >= 4 is 56.7 Å². The van der Waals surface area contributed by atoms with Gasteiger partial charge in [0, 0.05) is 74.9 Å². The first-order valence-corrected chi connectivity index (χ1v) is 31.9. The number of aliphatic hydroxyl groups is 3. The molecular weight excluding hydrogens is 1150 g/mol. The second-order valence-electron chi connectivity index (χ2n) is 25.3. The number of nitrogens with one attached hydrogen (secondary N) is 4. The van der Waals surface area contributed by atoms with Gasteiger partial charge in [-0.3, -0.25) is 24.0 Å². The van der Waals surface area contributed by atoms with Crippen molar-refractivity contribution in [1.29, 1.82) is 0 Å². The van der Waals surface area contributed by atoms with Crippen molar-refractivity contribution in [3.05, 3.63) is 94.5 Å². The molecule has 0 spiro atoms. The Kier molecular flexibility index (Phi) is 24.4. The fourth-order valence-electron chi connectivity index (χ4n) is 12.1. The van der Waals surface area contributed by atoms with Gasteiger partial charge in [0.05, 0.1) is 52.9 Å². The van der Waals surface area contributed by atoms with Crippen molar-refractivity contribution in [2.75, 3.05) is 46.4 Å². The minimum atomic E-state index is -3.45. The van der Waals surface area contributed by atoms with E-state index in [1.54, 1.807) is 121 Å². The summed E-state index contributed by atoms with van der Waals surface area (Å²) in [4.78, 5) is 75.1. The topological polar surface area (TPSA) is 281 Å². The Morgan fingerprint density at radius 1 is 0.895 bits per heavy atom. The number of methoxy groups -OCH3 is 1. The van der Waals surface area contributed by atoms with Crippen LogP contribution >= 0.6 is 11.6 Å². The molecule has 478 valence electrons. The number of likely N-dealkylation sites (N-methyl/N-ethyl adjacent to an activating group) is 1. The van der Waals surface area contributed by atoms with Gasteiger partial charge in [0.15, 0.2) is 22.4 Å². The zero-order chi connectivity index (χ0) is 63.7. The number of carbonyl (C=O) groups excluding carboxylic acids is 5. The highest BCUT2D eigenvalue weighted by Crippen LogP contribution is 2.40. The molecule has 3 saturated heterocycles. The van der Waals surface area contributed by atoms with Crippen LogP contribution in [0.2, 0.25) is 5.02 Å². The number of rotatable bonds is 17. The number of amides is 5. The van der Waals surface area contributed by atoms with E-state index in [0.717, 1.165) is 6.26 Å². The largest absolute Gasteiger partial charge is 0.387 e. The van der Waals surface area contributed by atoms with Crippen LogP contribution in [-0.4, -0.2) is 189 Å². The van der Waals surface area contributed by atoms with E-state index >= 15 is 0 Å². The zero-order valence-corrected chi connectivity index (χ0v) is 53.8. The summed E-state index contributed by atoms with van der Waals surface area (Å²) in [5.41, 5.74) is -0.594. The van der Waals surface area contributed by atoms with Gasteiger partial charge in [-0.05, 0) is 120 Å². The molecule has 3 heterocycles. The summed E-state index contributed by atoms with van der Waals surface area (Å²) < 4.78 is 56.1. The van der Waals surface area contributed by atoms with E-state index in [2.05, 4.69) is 21.3 Å². The standard InChI is InChI=1S/C63H93ClN6O15S/c1-35(2)53-60(77)66-45(28-41-19-23-44(24-20-41)65-59(76)48(30-43-17-15-16-18-47(43)64)67-50(71)29-42-21-25-46(26-22-42)86(14,79)80)31-51(72)70(12)34-36(3)32-62(8,78)57(85-61-54(73)49(69(10)11)27-37(4)82-61)38(5)55(39(6)58(75)68-53)84-52-33-63(9,81-13)56(74)40(7)83-52/h15-26,35-40,45,48-49,52-57,61,73-74,78H,27-34H2,1-14H3,(H,65,76)(H,66,77)(H,67,71)(H,68,75)/t36-,37-,38+,39-,40+,45-,48+,49+,52+,53+,54-,55+,56+,57-,61+,62-,63-/m1/s1. The first-order valence-electron chi connectivity index (χ1n) is 29.7. The summed E-state index contributed by atoms with van der Waals surface area (Å²) in [5, 5.41) is 48.1. The van der Waals surface area contributed by atoms with Crippen LogP contribution in [0.4, 0.5) is 5.69 Å². The molecule has 17 atom stereocenters. The average molecular weight is 1240 g/mol.